The highest BCUT2D eigenvalue weighted by Crippen LogP contribution is 2.14. The van der Waals surface area contributed by atoms with E-state index < -0.39 is 5.76 Å². The smallest absolute Gasteiger partial charge is 0.408 e. The normalized spacial score (nSPS) is 10.8. The van der Waals surface area contributed by atoms with Crippen LogP contribution in [0.15, 0.2) is 27.4 Å². The molecule has 0 radical (unpaired) electrons. The first kappa shape index (κ1) is 9.97. The Kier molecular flexibility index (Phi) is 2.33. The monoisotopic (exact) mass is 249 g/mol. The van der Waals surface area contributed by atoms with Crippen molar-refractivity contribution in [2.45, 2.75) is 6.54 Å². The van der Waals surface area contributed by atoms with Gasteiger partial charge in [0.25, 0.3) is 0 Å². The van der Waals surface area contributed by atoms with E-state index in [1.54, 1.807) is 6.07 Å². The van der Waals surface area contributed by atoms with Crippen LogP contribution in [-0.2, 0) is 6.54 Å². The molecule has 1 aromatic carbocycles. The molecule has 0 aliphatic carbocycles. The van der Waals surface area contributed by atoms with Crippen molar-refractivity contribution in [3.63, 3.8) is 0 Å². The molecule has 0 unspecified atom stereocenters. The van der Waals surface area contributed by atoms with Crippen LogP contribution in [0.3, 0.4) is 0 Å². The minimum atomic E-state index is -0.446. The number of H-pyrrole nitrogens is 1. The average Bonchev–Trinajstić information content (AvgIpc) is 2.92. The summed E-state index contributed by atoms with van der Waals surface area (Å²) >= 11 is 1.19. The van der Waals surface area contributed by atoms with Crippen molar-refractivity contribution in [3.8, 4) is 0 Å². The van der Waals surface area contributed by atoms with Gasteiger partial charge >= 0.3 is 5.76 Å². The molecule has 2 N–H and O–H groups in total. The Morgan fingerprint density at radius 2 is 2.41 bits per heavy atom. The van der Waals surface area contributed by atoms with E-state index in [0.29, 0.717) is 22.8 Å². The standard InChI is InChI=1S/C9H7N5O2S/c15-9-11-6-3-5(1-2-7(6)16-9)4-10-8-12-13-14-17-8/h1-3H,4H2,(H,11,15)(H,10,12,14). The number of nitrogens with zero attached hydrogens (tertiary/aromatic N) is 3. The van der Waals surface area contributed by atoms with Gasteiger partial charge in [0.05, 0.1) is 5.52 Å². The lowest BCUT2D eigenvalue weighted by Crippen LogP contribution is -1.98. The molecule has 0 fully saturated rings. The number of anilines is 1. The van der Waals surface area contributed by atoms with Gasteiger partial charge in [0.15, 0.2) is 5.58 Å². The van der Waals surface area contributed by atoms with Gasteiger partial charge in [0, 0.05) is 18.1 Å². The van der Waals surface area contributed by atoms with Crippen LogP contribution in [0.5, 0.6) is 0 Å². The largest absolute Gasteiger partial charge is 0.417 e. The zero-order valence-electron chi connectivity index (χ0n) is 8.51. The van der Waals surface area contributed by atoms with Gasteiger partial charge in [-0.3, -0.25) is 4.98 Å². The van der Waals surface area contributed by atoms with E-state index in [9.17, 15) is 4.79 Å². The lowest BCUT2D eigenvalue weighted by molar-refractivity contribution is 0.555. The molecule has 2 aromatic heterocycles. The molecule has 0 aliphatic rings. The SMILES string of the molecule is O=c1[nH]c2cc(CNc3nnns3)ccc2o1. The number of aromatic amines is 1. The molecule has 0 amide bonds. The predicted molar refractivity (Wildman–Crippen MR) is 61.9 cm³/mol. The van der Waals surface area contributed by atoms with E-state index in [-0.39, 0.29) is 0 Å². The maximum absolute atomic E-state index is 11.0. The van der Waals surface area contributed by atoms with Gasteiger partial charge in [0.1, 0.15) is 0 Å². The highest BCUT2D eigenvalue weighted by molar-refractivity contribution is 7.09. The quantitative estimate of drug-likeness (QED) is 0.718. The van der Waals surface area contributed by atoms with Crippen molar-refractivity contribution >= 4 is 27.8 Å². The summed E-state index contributed by atoms with van der Waals surface area (Å²) in [4.78, 5) is 13.6. The van der Waals surface area contributed by atoms with E-state index in [1.807, 2.05) is 12.1 Å². The first-order chi connectivity index (χ1) is 8.31. The summed E-state index contributed by atoms with van der Waals surface area (Å²) in [7, 11) is 0. The summed E-state index contributed by atoms with van der Waals surface area (Å²) in [5.41, 5.74) is 2.24. The molecule has 0 spiro atoms. The molecule has 17 heavy (non-hydrogen) atoms. The molecule has 86 valence electrons. The molecule has 0 bridgehead atoms. The summed E-state index contributed by atoms with van der Waals surface area (Å²) in [5.74, 6) is -0.446. The van der Waals surface area contributed by atoms with Gasteiger partial charge < -0.3 is 9.73 Å². The number of rotatable bonds is 3. The Bertz CT molecular complexity index is 687. The topological polar surface area (TPSA) is 96.7 Å². The van der Waals surface area contributed by atoms with Crippen LogP contribution in [0.1, 0.15) is 5.56 Å². The molecule has 2 heterocycles. The van der Waals surface area contributed by atoms with Crippen molar-refractivity contribution in [2.24, 2.45) is 0 Å². The third-order valence-electron chi connectivity index (χ3n) is 2.23. The maximum atomic E-state index is 11.0. The number of oxazole rings is 1. The highest BCUT2D eigenvalue weighted by atomic mass is 32.1. The molecule has 7 nitrogen and oxygen atoms in total. The second kappa shape index (κ2) is 3.98. The zero-order chi connectivity index (χ0) is 11.7. The molecular weight excluding hydrogens is 242 g/mol. The fourth-order valence-electron chi connectivity index (χ4n) is 1.49. The highest BCUT2D eigenvalue weighted by Gasteiger charge is 2.03. The van der Waals surface area contributed by atoms with Crippen molar-refractivity contribution in [2.75, 3.05) is 5.32 Å². The predicted octanol–water partition coefficient (Wildman–Crippen LogP) is 0.980. The van der Waals surface area contributed by atoms with Gasteiger partial charge in [-0.05, 0) is 22.9 Å². The number of hydrogen-bond donors (Lipinski definition) is 2. The average molecular weight is 249 g/mol. The van der Waals surface area contributed by atoms with Gasteiger partial charge in [-0.1, -0.05) is 15.7 Å². The van der Waals surface area contributed by atoms with Crippen molar-refractivity contribution in [1.29, 1.82) is 0 Å². The molecule has 0 atom stereocenters. The van der Waals surface area contributed by atoms with Crippen LogP contribution in [0.25, 0.3) is 11.1 Å². The van der Waals surface area contributed by atoms with Crippen molar-refractivity contribution < 1.29 is 4.42 Å². The van der Waals surface area contributed by atoms with Crippen LogP contribution in [0, 0.1) is 0 Å². The molecule has 3 aromatic rings. The Labute approximate surface area is 98.6 Å². The van der Waals surface area contributed by atoms with Crippen molar-refractivity contribution in [1.82, 2.24) is 19.8 Å². The number of aromatic nitrogens is 4. The zero-order valence-corrected chi connectivity index (χ0v) is 9.32. The minimum absolute atomic E-state index is 0.446. The van der Waals surface area contributed by atoms with Gasteiger partial charge in [0.2, 0.25) is 5.13 Å². The Morgan fingerprint density at radius 1 is 1.47 bits per heavy atom. The number of benzene rings is 1. The lowest BCUT2D eigenvalue weighted by Gasteiger charge is -2.01. The number of hydrogen-bond acceptors (Lipinski definition) is 7. The van der Waals surface area contributed by atoms with Crippen LogP contribution < -0.4 is 11.1 Å². The second-order valence-corrected chi connectivity index (χ2v) is 4.10. The summed E-state index contributed by atoms with van der Waals surface area (Å²) < 4.78 is 8.55. The van der Waals surface area contributed by atoms with Crippen LogP contribution in [-0.4, -0.2) is 19.8 Å². The summed E-state index contributed by atoms with van der Waals surface area (Å²) in [6.45, 7) is 0.583. The maximum Gasteiger partial charge on any atom is 0.417 e. The van der Waals surface area contributed by atoms with E-state index in [4.69, 9.17) is 4.42 Å². The molecular formula is C9H7N5O2S. The molecule has 0 saturated heterocycles. The Hall–Kier alpha value is -2.22. The number of fused-ring (bicyclic) bond motifs is 1. The second-order valence-electron chi connectivity index (χ2n) is 3.37. The molecule has 3 rings (SSSR count). The first-order valence-corrected chi connectivity index (χ1v) is 5.59. The Morgan fingerprint density at radius 3 is 3.24 bits per heavy atom. The van der Waals surface area contributed by atoms with Gasteiger partial charge in [-0.15, -0.1) is 0 Å². The first-order valence-electron chi connectivity index (χ1n) is 4.82. The lowest BCUT2D eigenvalue weighted by atomic mass is 10.2. The third kappa shape index (κ3) is 2.02. The van der Waals surface area contributed by atoms with E-state index in [2.05, 4.69) is 25.1 Å². The van der Waals surface area contributed by atoms with Gasteiger partial charge in [-0.2, -0.15) is 0 Å². The van der Waals surface area contributed by atoms with E-state index in [0.717, 1.165) is 5.56 Å². The summed E-state index contributed by atoms with van der Waals surface area (Å²) in [6, 6.07) is 5.48. The third-order valence-corrected chi connectivity index (χ3v) is 2.78. The van der Waals surface area contributed by atoms with E-state index >= 15 is 0 Å². The summed E-state index contributed by atoms with van der Waals surface area (Å²) in [6.07, 6.45) is 0. The minimum Gasteiger partial charge on any atom is -0.408 e. The number of nitrogens with one attached hydrogen (secondary N) is 2. The fourth-order valence-corrected chi connectivity index (χ4v) is 1.85. The molecule has 0 aliphatic heterocycles. The Balaban J connectivity index is 1.83. The van der Waals surface area contributed by atoms with Crippen molar-refractivity contribution in [3.05, 3.63) is 34.3 Å². The molecule has 8 heteroatoms. The van der Waals surface area contributed by atoms with Crippen LogP contribution >= 0.6 is 11.5 Å². The van der Waals surface area contributed by atoms with Gasteiger partial charge in [-0.25, -0.2) is 4.79 Å². The van der Waals surface area contributed by atoms with Crippen LogP contribution in [0.4, 0.5) is 5.13 Å². The fraction of sp³-hybridized carbons (Fsp3) is 0.111. The van der Waals surface area contributed by atoms with Crippen LogP contribution in [0.2, 0.25) is 0 Å². The summed E-state index contributed by atoms with van der Waals surface area (Å²) in [5, 5.41) is 11.0. The molecule has 0 saturated carbocycles. The van der Waals surface area contributed by atoms with E-state index in [1.165, 1.54) is 11.5 Å².